The van der Waals surface area contributed by atoms with Crippen LogP contribution in [0.4, 0.5) is 17.1 Å². The lowest BCUT2D eigenvalue weighted by Gasteiger charge is -2.45. The van der Waals surface area contributed by atoms with Crippen LogP contribution >= 0.6 is 0 Å². The number of hydrogen-bond acceptors (Lipinski definition) is 1. The van der Waals surface area contributed by atoms with Gasteiger partial charge in [-0.3, -0.25) is 0 Å². The molecule has 0 amide bonds. The molecule has 0 saturated heterocycles. The number of nitrogens with zero attached hydrogens (tertiary/aromatic N) is 2. The lowest BCUT2D eigenvalue weighted by molar-refractivity contribution is 0.294. The molecule has 2 nitrogen and oxygen atoms in total. The molecule has 4 aliphatic rings. The monoisotopic (exact) mass is 956 g/mol. The van der Waals surface area contributed by atoms with E-state index in [1.807, 2.05) is 0 Å². The third-order valence-electron chi connectivity index (χ3n) is 18.0. The predicted octanol–water partition coefficient (Wildman–Crippen LogP) is 19.4. The average molecular weight is 957 g/mol. The van der Waals surface area contributed by atoms with E-state index in [4.69, 9.17) is 0 Å². The summed E-state index contributed by atoms with van der Waals surface area (Å²) in [4.78, 5) is 2.60. The van der Waals surface area contributed by atoms with E-state index in [9.17, 15) is 0 Å². The van der Waals surface area contributed by atoms with Gasteiger partial charge in [-0.2, -0.15) is 0 Å². The van der Waals surface area contributed by atoms with Crippen molar-refractivity contribution in [3.05, 3.63) is 282 Å². The van der Waals surface area contributed by atoms with E-state index < -0.39 is 5.41 Å². The summed E-state index contributed by atoms with van der Waals surface area (Å²) in [5.41, 5.74) is 18.4. The molecule has 12 aromatic rings. The first-order valence-electron chi connectivity index (χ1n) is 26.8. The summed E-state index contributed by atoms with van der Waals surface area (Å²) >= 11 is 0. The highest BCUT2D eigenvalue weighted by molar-refractivity contribution is 6.26. The number of para-hydroxylation sites is 1. The van der Waals surface area contributed by atoms with Crippen molar-refractivity contribution in [1.29, 1.82) is 0 Å². The van der Waals surface area contributed by atoms with Crippen molar-refractivity contribution in [2.75, 3.05) is 4.90 Å². The molecular weight excluding hydrogens is 905 g/mol. The molecule has 16 rings (SSSR count). The Morgan fingerprint density at radius 1 is 0.493 bits per heavy atom. The van der Waals surface area contributed by atoms with Crippen LogP contribution in [0.1, 0.15) is 65.6 Å². The maximum atomic E-state index is 2.64. The third-order valence-corrected chi connectivity index (χ3v) is 18.0. The van der Waals surface area contributed by atoms with Crippen LogP contribution in [0.2, 0.25) is 0 Å². The van der Waals surface area contributed by atoms with Crippen molar-refractivity contribution >= 4 is 77.1 Å². The molecule has 0 saturated carbocycles. The van der Waals surface area contributed by atoms with Gasteiger partial charge in [0.1, 0.15) is 0 Å². The van der Waals surface area contributed by atoms with E-state index in [2.05, 4.69) is 278 Å². The van der Waals surface area contributed by atoms with Gasteiger partial charge in [0.2, 0.25) is 0 Å². The van der Waals surface area contributed by atoms with Crippen molar-refractivity contribution in [2.45, 2.75) is 37.5 Å². The smallest absolute Gasteiger partial charge is 0.0564 e. The minimum Gasteiger partial charge on any atom is -0.313 e. The Labute approximate surface area is 437 Å². The van der Waals surface area contributed by atoms with Gasteiger partial charge in [0.15, 0.2) is 0 Å². The molecule has 0 aliphatic heterocycles. The van der Waals surface area contributed by atoms with Crippen LogP contribution in [0.15, 0.2) is 249 Å². The molecule has 2 heteroatoms. The molecule has 0 bridgehead atoms. The van der Waals surface area contributed by atoms with Crippen LogP contribution in [0.25, 0.3) is 88.0 Å². The van der Waals surface area contributed by atoms with Crippen molar-refractivity contribution in [3.8, 4) is 27.9 Å². The zero-order valence-electron chi connectivity index (χ0n) is 42.0. The van der Waals surface area contributed by atoms with Crippen LogP contribution in [0.5, 0.6) is 0 Å². The first-order valence-corrected chi connectivity index (χ1v) is 26.8. The van der Waals surface area contributed by atoms with Gasteiger partial charge < -0.3 is 9.47 Å². The summed E-state index contributed by atoms with van der Waals surface area (Å²) in [6.07, 6.45) is 15.4. The highest BCUT2D eigenvalue weighted by atomic mass is 15.1. The standard InChI is InChI=1S/C73H52N2/c1-46-19-18-30-60-63-42-49(35-39-69(63)75(71(46)60)50-22-4-3-5-23-50)61-44-64-65-31-16-17-40-72(65,2)73(66-32-14-12-28-58(66)59-29-13-15-33-67(59)73)68(64)45-70(61)74(51-36-34-47-20-6-7-21-48(47)41-51)52-37-38-57-55-26-9-8-24-53(55)54-25-10-11-27-56(54)62(57)43-52/h3-18,20-46,65H,19H2,1-2H3. The summed E-state index contributed by atoms with van der Waals surface area (Å²) in [7, 11) is 0. The highest BCUT2D eigenvalue weighted by Crippen LogP contribution is 2.72. The topological polar surface area (TPSA) is 8.17 Å². The quantitative estimate of drug-likeness (QED) is 0.156. The molecule has 0 radical (unpaired) electrons. The fraction of sp³-hybridized carbons (Fsp3) is 0.0959. The van der Waals surface area contributed by atoms with Crippen LogP contribution in [-0.2, 0) is 5.41 Å². The number of fused-ring (bicyclic) bond motifs is 20. The fourth-order valence-electron chi connectivity index (χ4n) is 14.8. The van der Waals surface area contributed by atoms with Gasteiger partial charge in [0.25, 0.3) is 0 Å². The second-order valence-electron chi connectivity index (χ2n) is 21.7. The predicted molar refractivity (Wildman–Crippen MR) is 316 cm³/mol. The molecule has 0 fully saturated rings. The third kappa shape index (κ3) is 5.74. The molecule has 0 N–H and O–H groups in total. The largest absolute Gasteiger partial charge is 0.313 e. The number of anilines is 3. The second-order valence-corrected chi connectivity index (χ2v) is 21.7. The van der Waals surface area contributed by atoms with Gasteiger partial charge in [-0.1, -0.05) is 208 Å². The zero-order valence-corrected chi connectivity index (χ0v) is 42.0. The molecule has 75 heavy (non-hydrogen) atoms. The molecule has 3 unspecified atom stereocenters. The highest BCUT2D eigenvalue weighted by Gasteiger charge is 2.64. The molecule has 1 heterocycles. The number of allylic oxidation sites excluding steroid dienone is 5. The van der Waals surface area contributed by atoms with Gasteiger partial charge in [-0.15, -0.1) is 0 Å². The fourth-order valence-corrected chi connectivity index (χ4v) is 14.8. The van der Waals surface area contributed by atoms with Crippen LogP contribution in [0.3, 0.4) is 0 Å². The Kier molecular flexibility index (Phi) is 8.94. The van der Waals surface area contributed by atoms with Crippen molar-refractivity contribution in [2.24, 2.45) is 5.41 Å². The van der Waals surface area contributed by atoms with Gasteiger partial charge >= 0.3 is 0 Å². The number of rotatable bonds is 5. The number of aromatic nitrogens is 1. The first-order chi connectivity index (χ1) is 37.0. The van der Waals surface area contributed by atoms with E-state index >= 15 is 0 Å². The van der Waals surface area contributed by atoms with E-state index in [0.29, 0.717) is 5.92 Å². The van der Waals surface area contributed by atoms with E-state index in [0.717, 1.165) is 23.5 Å². The minimum absolute atomic E-state index is 0.124. The van der Waals surface area contributed by atoms with Crippen LogP contribution in [0, 0.1) is 5.41 Å². The van der Waals surface area contributed by atoms with Crippen molar-refractivity contribution < 1.29 is 0 Å². The Balaban J connectivity index is 1.05. The maximum absolute atomic E-state index is 2.64. The summed E-state index contributed by atoms with van der Waals surface area (Å²) < 4.78 is 2.53. The van der Waals surface area contributed by atoms with Crippen LogP contribution < -0.4 is 4.90 Å². The lowest BCUT2D eigenvalue weighted by Crippen LogP contribution is -2.42. The van der Waals surface area contributed by atoms with Gasteiger partial charge in [-0.25, -0.2) is 0 Å². The first kappa shape index (κ1) is 42.5. The van der Waals surface area contributed by atoms with E-state index in [1.54, 1.807) is 0 Å². The Hall–Kier alpha value is -8.98. The molecule has 1 aromatic heterocycles. The molecule has 1 spiro atoms. The minimum atomic E-state index is -0.473. The second kappa shape index (κ2) is 15.8. The number of benzene rings is 11. The molecule has 4 aliphatic carbocycles. The van der Waals surface area contributed by atoms with Gasteiger partial charge in [0.05, 0.1) is 16.6 Å². The summed E-state index contributed by atoms with van der Waals surface area (Å²) in [5.74, 6) is 0.497. The molecule has 354 valence electrons. The van der Waals surface area contributed by atoms with E-state index in [-0.39, 0.29) is 11.3 Å². The SMILES string of the molecule is CC1CC=Cc2c1n(-c1ccccc1)c1ccc(-c3cc4c(cc3N(c3ccc5ccccc5c3)c3ccc5c6ccccc6c6ccccc6c5c3)C3(c5ccccc5-c5ccccc53)C3(C)C=CC=CC43)cc21. The number of hydrogen-bond donors (Lipinski definition) is 0. The Morgan fingerprint density at radius 3 is 1.87 bits per heavy atom. The van der Waals surface area contributed by atoms with Gasteiger partial charge in [0, 0.05) is 56.5 Å². The van der Waals surface area contributed by atoms with E-state index in [1.165, 1.54) is 115 Å². The summed E-state index contributed by atoms with van der Waals surface area (Å²) in [6.45, 7) is 4.92. The summed E-state index contributed by atoms with van der Waals surface area (Å²) in [5, 5.41) is 11.3. The maximum Gasteiger partial charge on any atom is 0.0564 e. The average Bonchev–Trinajstić information content (AvgIpc) is 4.07. The van der Waals surface area contributed by atoms with Crippen molar-refractivity contribution in [1.82, 2.24) is 4.57 Å². The normalized spacial score (nSPS) is 18.5. The lowest BCUT2D eigenvalue weighted by atomic mass is 9.56. The van der Waals surface area contributed by atoms with Gasteiger partial charge in [-0.05, 0) is 149 Å². The Morgan fingerprint density at radius 2 is 1.12 bits per heavy atom. The Bertz CT molecular complexity index is 4420. The molecule has 3 atom stereocenters. The van der Waals surface area contributed by atoms with Crippen LogP contribution in [-0.4, -0.2) is 4.57 Å². The summed E-state index contributed by atoms with van der Waals surface area (Å²) in [6, 6.07) is 83.1. The zero-order chi connectivity index (χ0) is 49.6. The van der Waals surface area contributed by atoms with Crippen molar-refractivity contribution in [3.63, 3.8) is 0 Å². The molecular formula is C73H52N2. The molecule has 11 aromatic carbocycles.